The number of carbonyl (C=O) groups excluding carboxylic acids is 1. The normalized spacial score (nSPS) is 11.7. The Morgan fingerprint density at radius 1 is 1.20 bits per heavy atom. The Labute approximate surface area is 147 Å². The summed E-state index contributed by atoms with van der Waals surface area (Å²) in [6, 6.07) is 9.88. The summed E-state index contributed by atoms with van der Waals surface area (Å²) in [4.78, 5) is 23.9. The Balaban J connectivity index is 1.83. The molecule has 0 bridgehead atoms. The quantitative estimate of drug-likeness (QED) is 0.703. The molecule has 2 aromatic carbocycles. The molecule has 1 N–H and O–H groups in total. The Morgan fingerprint density at radius 3 is 2.64 bits per heavy atom. The van der Waals surface area contributed by atoms with Crippen molar-refractivity contribution < 1.29 is 22.4 Å². The van der Waals surface area contributed by atoms with Crippen LogP contribution in [-0.4, -0.2) is 10.5 Å². The molecule has 130 valence electrons. The largest absolute Gasteiger partial charge is 0.420 e. The number of halogens is 4. The molecule has 1 heterocycles. The molecule has 0 saturated heterocycles. The third-order valence-corrected chi connectivity index (χ3v) is 4.12. The number of aromatic nitrogens is 1. The number of nitrogens with one attached hydrogen (secondary N) is 1. The van der Waals surface area contributed by atoms with Gasteiger partial charge >= 0.3 is 11.9 Å². The summed E-state index contributed by atoms with van der Waals surface area (Å²) in [7, 11) is 0. The monoisotopic (exact) mass is 414 g/mol. The first kappa shape index (κ1) is 17.3. The Hall–Kier alpha value is -2.55. The van der Waals surface area contributed by atoms with E-state index in [9.17, 15) is 22.8 Å². The highest BCUT2D eigenvalue weighted by atomic mass is 79.9. The summed E-state index contributed by atoms with van der Waals surface area (Å²) in [5.41, 5.74) is -0.185. The second kappa shape index (κ2) is 6.40. The third-order valence-electron chi connectivity index (χ3n) is 3.43. The molecule has 25 heavy (non-hydrogen) atoms. The highest BCUT2D eigenvalue weighted by Crippen LogP contribution is 2.36. The van der Waals surface area contributed by atoms with Crippen LogP contribution < -0.4 is 11.1 Å². The van der Waals surface area contributed by atoms with E-state index in [2.05, 4.69) is 21.2 Å². The smallest absolute Gasteiger partial charge is 0.408 e. The molecule has 0 aliphatic rings. The zero-order chi connectivity index (χ0) is 18.2. The van der Waals surface area contributed by atoms with Crippen LogP contribution in [0.4, 0.5) is 18.9 Å². The molecular formula is C16H10BrF3N2O3. The zero-order valence-corrected chi connectivity index (χ0v) is 14.0. The summed E-state index contributed by atoms with van der Waals surface area (Å²) in [5.74, 6) is -1.37. The SMILES string of the molecule is O=C(Cn1c(=O)oc2ccccc21)Nc1ccc(Br)c(C(F)(F)F)c1. The topological polar surface area (TPSA) is 64.2 Å². The van der Waals surface area contributed by atoms with Gasteiger partial charge in [-0.1, -0.05) is 28.1 Å². The number of amides is 1. The van der Waals surface area contributed by atoms with Gasteiger partial charge in [0.15, 0.2) is 5.58 Å². The number of rotatable bonds is 3. The number of hydrogen-bond acceptors (Lipinski definition) is 3. The number of nitrogens with zero attached hydrogens (tertiary/aromatic N) is 1. The van der Waals surface area contributed by atoms with Gasteiger partial charge in [0.2, 0.25) is 5.91 Å². The number of hydrogen-bond donors (Lipinski definition) is 1. The fourth-order valence-electron chi connectivity index (χ4n) is 2.33. The third kappa shape index (κ3) is 3.60. The van der Waals surface area contributed by atoms with Crippen molar-refractivity contribution in [2.24, 2.45) is 0 Å². The molecule has 3 rings (SSSR count). The molecule has 5 nitrogen and oxygen atoms in total. The molecule has 0 unspecified atom stereocenters. The van der Waals surface area contributed by atoms with Crippen LogP contribution in [0, 0.1) is 0 Å². The van der Waals surface area contributed by atoms with E-state index in [1.165, 1.54) is 12.1 Å². The van der Waals surface area contributed by atoms with E-state index >= 15 is 0 Å². The van der Waals surface area contributed by atoms with Crippen molar-refractivity contribution in [3.8, 4) is 0 Å². The lowest BCUT2D eigenvalue weighted by molar-refractivity contribution is -0.138. The number of para-hydroxylation sites is 2. The summed E-state index contributed by atoms with van der Waals surface area (Å²) in [6.45, 7) is -0.382. The molecule has 0 spiro atoms. The first-order chi connectivity index (χ1) is 11.8. The predicted molar refractivity (Wildman–Crippen MR) is 88.2 cm³/mol. The minimum absolute atomic E-state index is 0.0265. The van der Waals surface area contributed by atoms with Crippen LogP contribution in [0.15, 0.2) is 56.1 Å². The van der Waals surface area contributed by atoms with Crippen molar-refractivity contribution >= 4 is 38.6 Å². The number of oxazole rings is 1. The molecule has 0 saturated carbocycles. The van der Waals surface area contributed by atoms with E-state index in [0.29, 0.717) is 11.1 Å². The van der Waals surface area contributed by atoms with Crippen molar-refractivity contribution in [3.05, 3.63) is 63.1 Å². The van der Waals surface area contributed by atoms with Crippen molar-refractivity contribution in [1.82, 2.24) is 4.57 Å². The maximum absolute atomic E-state index is 12.9. The molecule has 1 aromatic heterocycles. The van der Waals surface area contributed by atoms with Gasteiger partial charge in [0.25, 0.3) is 0 Å². The maximum atomic E-state index is 12.9. The van der Waals surface area contributed by atoms with Gasteiger partial charge < -0.3 is 9.73 Å². The van der Waals surface area contributed by atoms with Crippen LogP contribution in [0.25, 0.3) is 11.1 Å². The number of alkyl halides is 3. The molecule has 1 amide bonds. The second-order valence-electron chi connectivity index (χ2n) is 5.16. The highest BCUT2D eigenvalue weighted by Gasteiger charge is 2.33. The summed E-state index contributed by atoms with van der Waals surface area (Å²) in [5, 5.41) is 2.35. The molecule has 0 fully saturated rings. The van der Waals surface area contributed by atoms with Crippen LogP contribution in [0.2, 0.25) is 0 Å². The minimum atomic E-state index is -4.56. The fraction of sp³-hybridized carbons (Fsp3) is 0.125. The van der Waals surface area contributed by atoms with Gasteiger partial charge in [-0.15, -0.1) is 0 Å². The number of benzene rings is 2. The Bertz CT molecular complexity index is 1010. The number of anilines is 1. The zero-order valence-electron chi connectivity index (χ0n) is 12.4. The van der Waals surface area contributed by atoms with E-state index in [4.69, 9.17) is 4.42 Å². The molecular weight excluding hydrogens is 405 g/mol. The van der Waals surface area contributed by atoms with Crippen molar-refractivity contribution in [2.75, 3.05) is 5.32 Å². The summed E-state index contributed by atoms with van der Waals surface area (Å²) >= 11 is 2.83. The fourth-order valence-corrected chi connectivity index (χ4v) is 2.80. The van der Waals surface area contributed by atoms with E-state index in [1.54, 1.807) is 24.3 Å². The lowest BCUT2D eigenvalue weighted by atomic mass is 10.2. The van der Waals surface area contributed by atoms with Gasteiger partial charge in [0, 0.05) is 10.2 Å². The molecule has 0 aliphatic carbocycles. The summed E-state index contributed by atoms with van der Waals surface area (Å²) < 4.78 is 44.7. The minimum Gasteiger partial charge on any atom is -0.408 e. The van der Waals surface area contributed by atoms with Crippen LogP contribution in [-0.2, 0) is 17.5 Å². The lowest BCUT2D eigenvalue weighted by Gasteiger charge is -2.12. The molecule has 0 aliphatic heterocycles. The molecule has 3 aromatic rings. The van der Waals surface area contributed by atoms with Gasteiger partial charge in [-0.05, 0) is 30.3 Å². The van der Waals surface area contributed by atoms with Crippen molar-refractivity contribution in [1.29, 1.82) is 0 Å². The van der Waals surface area contributed by atoms with E-state index < -0.39 is 23.4 Å². The number of fused-ring (bicyclic) bond motifs is 1. The standard InChI is InChI=1S/C16H10BrF3N2O3/c17-11-6-5-9(7-10(11)16(18,19)20)21-14(23)8-22-12-3-1-2-4-13(12)25-15(22)24/h1-7H,8H2,(H,21,23). The lowest BCUT2D eigenvalue weighted by Crippen LogP contribution is -2.25. The first-order valence-corrected chi connectivity index (χ1v) is 7.80. The van der Waals surface area contributed by atoms with E-state index in [-0.39, 0.29) is 16.7 Å². The van der Waals surface area contributed by atoms with Gasteiger partial charge in [0.1, 0.15) is 6.54 Å². The van der Waals surface area contributed by atoms with Crippen molar-refractivity contribution in [3.63, 3.8) is 0 Å². The average molecular weight is 415 g/mol. The summed E-state index contributed by atoms with van der Waals surface area (Å²) in [6.07, 6.45) is -4.56. The highest BCUT2D eigenvalue weighted by molar-refractivity contribution is 9.10. The van der Waals surface area contributed by atoms with Gasteiger partial charge in [0.05, 0.1) is 11.1 Å². The predicted octanol–water partition coefficient (Wildman–Crippen LogP) is 4.01. The van der Waals surface area contributed by atoms with Gasteiger partial charge in [-0.2, -0.15) is 13.2 Å². The first-order valence-electron chi connectivity index (χ1n) is 7.00. The Morgan fingerprint density at radius 2 is 1.92 bits per heavy atom. The van der Waals surface area contributed by atoms with Crippen LogP contribution in [0.3, 0.4) is 0 Å². The van der Waals surface area contributed by atoms with Crippen molar-refractivity contribution in [2.45, 2.75) is 12.7 Å². The number of carbonyl (C=O) groups is 1. The Kier molecular flexibility index (Phi) is 4.42. The van der Waals surface area contributed by atoms with Crippen LogP contribution in [0.1, 0.15) is 5.56 Å². The molecule has 9 heteroatoms. The maximum Gasteiger partial charge on any atom is 0.420 e. The van der Waals surface area contributed by atoms with E-state index in [0.717, 1.165) is 10.6 Å². The molecule has 0 radical (unpaired) electrons. The van der Waals surface area contributed by atoms with E-state index in [1.807, 2.05) is 0 Å². The van der Waals surface area contributed by atoms with Gasteiger partial charge in [-0.25, -0.2) is 4.79 Å². The average Bonchev–Trinajstić information content (AvgIpc) is 2.84. The van der Waals surface area contributed by atoms with Crippen LogP contribution in [0.5, 0.6) is 0 Å². The van der Waals surface area contributed by atoms with Crippen LogP contribution >= 0.6 is 15.9 Å². The second-order valence-corrected chi connectivity index (χ2v) is 6.02. The molecule has 0 atom stereocenters. The van der Waals surface area contributed by atoms with Gasteiger partial charge in [-0.3, -0.25) is 9.36 Å².